The maximum Gasteiger partial charge on any atom is 0.147 e. The molecular formula is C27H17N3. The van der Waals surface area contributed by atoms with Crippen molar-refractivity contribution in [2.75, 3.05) is 0 Å². The molecule has 3 aromatic heterocycles. The van der Waals surface area contributed by atoms with E-state index in [2.05, 4.69) is 112 Å². The summed E-state index contributed by atoms with van der Waals surface area (Å²) >= 11 is 0. The molecule has 3 heteroatoms. The van der Waals surface area contributed by atoms with Gasteiger partial charge in [0.25, 0.3) is 0 Å². The Morgan fingerprint density at radius 3 is 2.00 bits per heavy atom. The molecule has 0 saturated carbocycles. The molecular weight excluding hydrogens is 366 g/mol. The lowest BCUT2D eigenvalue weighted by molar-refractivity contribution is 1.11. The van der Waals surface area contributed by atoms with E-state index in [0.29, 0.717) is 0 Å². The van der Waals surface area contributed by atoms with Crippen molar-refractivity contribution in [2.45, 2.75) is 0 Å². The van der Waals surface area contributed by atoms with E-state index in [4.69, 9.17) is 4.98 Å². The minimum Gasteiger partial charge on any atom is -0.295 e. The highest BCUT2D eigenvalue weighted by Gasteiger charge is 2.20. The van der Waals surface area contributed by atoms with Gasteiger partial charge in [-0.25, -0.2) is 4.98 Å². The Morgan fingerprint density at radius 2 is 1.17 bits per heavy atom. The Hall–Kier alpha value is -4.11. The zero-order chi connectivity index (χ0) is 19.7. The number of nitrogens with zero attached hydrogens (tertiary/aromatic N) is 3. The molecule has 7 aromatic rings. The van der Waals surface area contributed by atoms with Crippen LogP contribution in [0.3, 0.4) is 0 Å². The van der Waals surface area contributed by atoms with Crippen LogP contribution in [0.1, 0.15) is 0 Å². The fourth-order valence-electron chi connectivity index (χ4n) is 4.86. The lowest BCUT2D eigenvalue weighted by Crippen LogP contribution is -1.99. The summed E-state index contributed by atoms with van der Waals surface area (Å²) in [4.78, 5) is 5.05. The van der Waals surface area contributed by atoms with E-state index in [9.17, 15) is 0 Å². The summed E-state index contributed by atoms with van der Waals surface area (Å²) in [7, 11) is 0. The zero-order valence-corrected chi connectivity index (χ0v) is 16.2. The summed E-state index contributed by atoms with van der Waals surface area (Å²) < 4.78 is 4.71. The summed E-state index contributed by atoms with van der Waals surface area (Å²) in [6, 6.07) is 36.3. The third-order valence-electron chi connectivity index (χ3n) is 6.07. The first-order chi connectivity index (χ1) is 14.9. The third kappa shape index (κ3) is 1.91. The monoisotopic (exact) mass is 383 g/mol. The molecule has 0 aliphatic carbocycles. The highest BCUT2D eigenvalue weighted by molar-refractivity contribution is 6.23. The maximum atomic E-state index is 5.05. The molecule has 0 unspecified atom stereocenters. The predicted molar refractivity (Wildman–Crippen MR) is 125 cm³/mol. The van der Waals surface area contributed by atoms with E-state index < -0.39 is 0 Å². The number of aromatic nitrogens is 3. The van der Waals surface area contributed by atoms with Gasteiger partial charge in [0.05, 0.1) is 16.6 Å². The smallest absolute Gasteiger partial charge is 0.147 e. The molecule has 0 spiro atoms. The number of para-hydroxylation sites is 4. The molecule has 0 aliphatic rings. The minimum atomic E-state index is 0.999. The van der Waals surface area contributed by atoms with Crippen LogP contribution in [0.25, 0.3) is 55.1 Å². The van der Waals surface area contributed by atoms with Crippen molar-refractivity contribution in [2.24, 2.45) is 0 Å². The van der Waals surface area contributed by atoms with Gasteiger partial charge >= 0.3 is 0 Å². The Morgan fingerprint density at radius 1 is 0.533 bits per heavy atom. The Kier molecular flexibility index (Phi) is 3.00. The van der Waals surface area contributed by atoms with E-state index in [1.54, 1.807) is 0 Å². The molecule has 0 aliphatic heterocycles. The van der Waals surface area contributed by atoms with Crippen LogP contribution in [0, 0.1) is 0 Å². The topological polar surface area (TPSA) is 22.2 Å². The van der Waals surface area contributed by atoms with Crippen molar-refractivity contribution in [1.82, 2.24) is 14.0 Å². The van der Waals surface area contributed by atoms with Gasteiger partial charge in [0.2, 0.25) is 0 Å². The second kappa shape index (κ2) is 5.71. The van der Waals surface area contributed by atoms with Crippen LogP contribution in [0.5, 0.6) is 0 Å². The number of fused-ring (bicyclic) bond motifs is 10. The zero-order valence-electron chi connectivity index (χ0n) is 16.2. The lowest BCUT2D eigenvalue weighted by Gasteiger charge is -2.11. The first-order valence-electron chi connectivity index (χ1n) is 10.2. The van der Waals surface area contributed by atoms with Crippen molar-refractivity contribution >= 4 is 49.4 Å². The fourth-order valence-corrected chi connectivity index (χ4v) is 4.86. The molecule has 0 saturated heterocycles. The molecule has 0 fully saturated rings. The van der Waals surface area contributed by atoms with Crippen LogP contribution in [0.15, 0.2) is 103 Å². The summed E-state index contributed by atoms with van der Waals surface area (Å²) in [5.74, 6) is 0. The lowest BCUT2D eigenvalue weighted by atomic mass is 10.1. The van der Waals surface area contributed by atoms with E-state index in [1.165, 1.54) is 27.1 Å². The highest BCUT2D eigenvalue weighted by atomic mass is 15.1. The average Bonchev–Trinajstić information content (AvgIpc) is 3.36. The van der Waals surface area contributed by atoms with Crippen molar-refractivity contribution in [3.63, 3.8) is 0 Å². The van der Waals surface area contributed by atoms with Crippen LogP contribution in [0.2, 0.25) is 0 Å². The highest BCUT2D eigenvalue weighted by Crippen LogP contribution is 2.39. The Labute approximate surface area is 172 Å². The normalized spacial score (nSPS) is 12.0. The van der Waals surface area contributed by atoms with Crippen LogP contribution in [-0.4, -0.2) is 14.0 Å². The number of hydrogen-bond acceptors (Lipinski definition) is 1. The molecule has 7 rings (SSSR count). The van der Waals surface area contributed by atoms with Crippen molar-refractivity contribution < 1.29 is 0 Å². The molecule has 3 heterocycles. The molecule has 3 nitrogen and oxygen atoms in total. The molecule has 0 amide bonds. The van der Waals surface area contributed by atoms with Crippen LogP contribution in [0.4, 0.5) is 0 Å². The first-order valence-corrected chi connectivity index (χ1v) is 10.2. The summed E-state index contributed by atoms with van der Waals surface area (Å²) in [5.41, 5.74) is 6.65. The van der Waals surface area contributed by atoms with Crippen molar-refractivity contribution in [3.8, 4) is 5.69 Å². The molecule has 140 valence electrons. The number of rotatable bonds is 1. The number of imidazole rings is 1. The van der Waals surface area contributed by atoms with Gasteiger partial charge in [-0.1, -0.05) is 72.8 Å². The van der Waals surface area contributed by atoms with Crippen molar-refractivity contribution in [3.05, 3.63) is 103 Å². The number of pyridine rings is 1. The van der Waals surface area contributed by atoms with Gasteiger partial charge in [0.1, 0.15) is 11.3 Å². The SMILES string of the molecule is c1ccc(-n2c3ccccc3c3c4ccccc4c4nc5ccccc5n4c32)cc1. The second-order valence-corrected chi connectivity index (χ2v) is 7.69. The Balaban J connectivity index is 1.91. The maximum absolute atomic E-state index is 5.05. The molecule has 0 radical (unpaired) electrons. The third-order valence-corrected chi connectivity index (χ3v) is 6.07. The van der Waals surface area contributed by atoms with Gasteiger partial charge in [-0.2, -0.15) is 0 Å². The van der Waals surface area contributed by atoms with E-state index in [0.717, 1.165) is 28.0 Å². The summed E-state index contributed by atoms with van der Waals surface area (Å²) in [6.07, 6.45) is 0. The van der Waals surface area contributed by atoms with Gasteiger partial charge in [-0.3, -0.25) is 8.97 Å². The van der Waals surface area contributed by atoms with E-state index in [-0.39, 0.29) is 0 Å². The molecule has 30 heavy (non-hydrogen) atoms. The summed E-state index contributed by atoms with van der Waals surface area (Å²) in [6.45, 7) is 0. The molecule has 0 bridgehead atoms. The quantitative estimate of drug-likeness (QED) is 0.308. The van der Waals surface area contributed by atoms with Crippen LogP contribution in [-0.2, 0) is 0 Å². The molecule has 0 N–H and O–H groups in total. The number of hydrogen-bond donors (Lipinski definition) is 0. The minimum absolute atomic E-state index is 0.999. The predicted octanol–water partition coefficient (Wildman–Crippen LogP) is 6.74. The van der Waals surface area contributed by atoms with Gasteiger partial charge in [-0.05, 0) is 35.7 Å². The fraction of sp³-hybridized carbons (Fsp3) is 0. The van der Waals surface area contributed by atoms with Gasteiger partial charge < -0.3 is 0 Å². The van der Waals surface area contributed by atoms with Crippen molar-refractivity contribution in [1.29, 1.82) is 0 Å². The van der Waals surface area contributed by atoms with Gasteiger partial charge in [-0.15, -0.1) is 0 Å². The Bertz CT molecular complexity index is 1740. The van der Waals surface area contributed by atoms with Crippen LogP contribution >= 0.6 is 0 Å². The average molecular weight is 383 g/mol. The number of benzene rings is 4. The summed E-state index contributed by atoms with van der Waals surface area (Å²) in [5, 5.41) is 4.94. The van der Waals surface area contributed by atoms with Gasteiger partial charge in [0.15, 0.2) is 0 Å². The largest absolute Gasteiger partial charge is 0.295 e. The first kappa shape index (κ1) is 15.8. The molecule has 0 atom stereocenters. The second-order valence-electron chi connectivity index (χ2n) is 7.69. The molecule has 4 aromatic carbocycles. The van der Waals surface area contributed by atoms with E-state index >= 15 is 0 Å². The van der Waals surface area contributed by atoms with Gasteiger partial charge in [0, 0.05) is 21.8 Å². The van der Waals surface area contributed by atoms with E-state index in [1.807, 2.05) is 0 Å². The standard InChI is InChI=1S/C27H17N3/c1-2-10-18(11-3-1)29-23-16-8-6-14-21(23)25-19-12-4-5-13-20(19)26-28-22-15-7-9-17-24(22)30(26)27(25)29/h1-17H. The van der Waals surface area contributed by atoms with Crippen LogP contribution < -0.4 is 0 Å².